The minimum atomic E-state index is -0.901. The smallest absolute Gasteiger partial charge is 0.152 e. The van der Waals surface area contributed by atoms with Gasteiger partial charge in [0.15, 0.2) is 4.90 Å². The van der Waals surface area contributed by atoms with Gasteiger partial charge in [-0.1, -0.05) is 24.8 Å². The third kappa shape index (κ3) is 2.41. The highest BCUT2D eigenvalue weighted by Crippen LogP contribution is 2.09. The van der Waals surface area contributed by atoms with Crippen LogP contribution in [0.5, 0.6) is 0 Å². The highest BCUT2D eigenvalue weighted by atomic mass is 32.2. The molecule has 0 fully saturated rings. The minimum absolute atomic E-state index is 0.532. The highest BCUT2D eigenvalue weighted by molar-refractivity contribution is 7.91. The van der Waals surface area contributed by atoms with E-state index in [4.69, 9.17) is 0 Å². The van der Waals surface area contributed by atoms with Gasteiger partial charge in [0.05, 0.1) is 0 Å². The lowest BCUT2D eigenvalue weighted by Crippen LogP contribution is -2.03. The molecule has 0 aliphatic carbocycles. The monoisotopic (exact) mass is 166 g/mol. The van der Waals surface area contributed by atoms with E-state index in [1.807, 2.05) is 30.3 Å². The van der Waals surface area contributed by atoms with Crippen LogP contribution in [0.25, 0.3) is 0 Å². The van der Waals surface area contributed by atoms with Crippen molar-refractivity contribution in [3.8, 4) is 0 Å². The van der Waals surface area contributed by atoms with Crippen LogP contribution in [0.4, 0.5) is 0 Å². The molecule has 0 radical (unpaired) electrons. The number of benzene rings is 1. The summed E-state index contributed by atoms with van der Waals surface area (Å²) in [5, 5.41) is 0. The first-order chi connectivity index (χ1) is 5.34. The number of hydrogen-bond acceptors (Lipinski definition) is 1. The summed E-state index contributed by atoms with van der Waals surface area (Å²) >= 11 is -0.901. The molecule has 1 aromatic rings. The Hall–Kier alpha value is -0.730. The Morgan fingerprint density at radius 1 is 1.36 bits per heavy atom. The van der Waals surface area contributed by atoms with Crippen LogP contribution in [0.15, 0.2) is 47.9 Å². The zero-order valence-corrected chi connectivity index (χ0v) is 7.01. The standard InChI is InChI=1S/C9H10OS/c1-2-8-11(10)9-6-4-3-5-7-9/h2-7H,1,8H2. The van der Waals surface area contributed by atoms with Crippen LogP contribution in [0.2, 0.25) is 0 Å². The largest absolute Gasteiger partial charge is 0.611 e. The molecule has 11 heavy (non-hydrogen) atoms. The molecule has 0 saturated heterocycles. The SMILES string of the molecule is C=CC[S+]([O-])c1ccccc1. The van der Waals surface area contributed by atoms with Crippen molar-refractivity contribution in [2.75, 3.05) is 5.75 Å². The zero-order chi connectivity index (χ0) is 8.10. The first-order valence-corrected chi connectivity index (χ1v) is 4.71. The molecule has 0 amide bonds. The molecule has 1 atom stereocenters. The van der Waals surface area contributed by atoms with Gasteiger partial charge in [-0.3, -0.25) is 0 Å². The highest BCUT2D eigenvalue weighted by Gasteiger charge is 2.05. The maximum absolute atomic E-state index is 11.3. The van der Waals surface area contributed by atoms with E-state index in [-0.39, 0.29) is 0 Å². The Balaban J connectivity index is 2.68. The predicted molar refractivity (Wildman–Crippen MR) is 47.9 cm³/mol. The summed E-state index contributed by atoms with van der Waals surface area (Å²) in [6.07, 6.45) is 1.67. The normalized spacial score (nSPS) is 12.5. The van der Waals surface area contributed by atoms with E-state index in [0.717, 1.165) is 4.90 Å². The molecule has 0 saturated carbocycles. The van der Waals surface area contributed by atoms with E-state index < -0.39 is 11.2 Å². The van der Waals surface area contributed by atoms with Crippen molar-refractivity contribution in [3.05, 3.63) is 43.0 Å². The quantitative estimate of drug-likeness (QED) is 0.497. The fourth-order valence-corrected chi connectivity index (χ4v) is 1.64. The molecule has 0 aromatic heterocycles. The van der Waals surface area contributed by atoms with E-state index in [1.54, 1.807) is 6.08 Å². The lowest BCUT2D eigenvalue weighted by atomic mass is 10.4. The number of hydrogen-bond donors (Lipinski definition) is 0. The molecular weight excluding hydrogens is 156 g/mol. The first kappa shape index (κ1) is 8.37. The second-order valence-electron chi connectivity index (χ2n) is 2.11. The van der Waals surface area contributed by atoms with Gasteiger partial charge in [-0.15, -0.1) is 0 Å². The van der Waals surface area contributed by atoms with Gasteiger partial charge in [0.2, 0.25) is 0 Å². The van der Waals surface area contributed by atoms with Gasteiger partial charge in [0.1, 0.15) is 5.75 Å². The maximum atomic E-state index is 11.3. The van der Waals surface area contributed by atoms with Crippen LogP contribution in [0, 0.1) is 0 Å². The summed E-state index contributed by atoms with van der Waals surface area (Å²) in [6.45, 7) is 3.53. The van der Waals surface area contributed by atoms with Crippen LogP contribution in [0.3, 0.4) is 0 Å². The van der Waals surface area contributed by atoms with Gasteiger partial charge >= 0.3 is 0 Å². The number of rotatable bonds is 3. The lowest BCUT2D eigenvalue weighted by molar-refractivity contribution is 0.598. The Kier molecular flexibility index (Phi) is 3.20. The lowest BCUT2D eigenvalue weighted by Gasteiger charge is -2.06. The van der Waals surface area contributed by atoms with Gasteiger partial charge in [0, 0.05) is 0 Å². The average Bonchev–Trinajstić information content (AvgIpc) is 2.07. The predicted octanol–water partition coefficient (Wildman–Crippen LogP) is 1.98. The fourth-order valence-electron chi connectivity index (χ4n) is 0.776. The average molecular weight is 166 g/mol. The van der Waals surface area contributed by atoms with Gasteiger partial charge in [-0.25, -0.2) is 0 Å². The summed E-state index contributed by atoms with van der Waals surface area (Å²) < 4.78 is 11.3. The molecule has 0 N–H and O–H groups in total. The van der Waals surface area contributed by atoms with Crippen molar-refractivity contribution >= 4 is 11.2 Å². The molecule has 0 aliphatic rings. The van der Waals surface area contributed by atoms with Gasteiger partial charge in [0.25, 0.3) is 0 Å². The second kappa shape index (κ2) is 4.21. The topological polar surface area (TPSA) is 23.1 Å². The van der Waals surface area contributed by atoms with Crippen molar-refractivity contribution < 1.29 is 4.55 Å². The maximum Gasteiger partial charge on any atom is 0.152 e. The van der Waals surface area contributed by atoms with Crippen molar-refractivity contribution in [3.63, 3.8) is 0 Å². The third-order valence-corrected chi connectivity index (χ3v) is 2.61. The van der Waals surface area contributed by atoms with E-state index >= 15 is 0 Å². The molecule has 0 spiro atoms. The molecule has 0 aliphatic heterocycles. The van der Waals surface area contributed by atoms with Crippen LogP contribution >= 0.6 is 0 Å². The second-order valence-corrected chi connectivity index (χ2v) is 3.61. The summed E-state index contributed by atoms with van der Waals surface area (Å²) in [7, 11) is 0. The van der Waals surface area contributed by atoms with Crippen molar-refractivity contribution in [1.29, 1.82) is 0 Å². The zero-order valence-electron chi connectivity index (χ0n) is 6.19. The molecule has 2 heteroatoms. The Morgan fingerprint density at radius 2 is 2.00 bits per heavy atom. The van der Waals surface area contributed by atoms with Crippen molar-refractivity contribution in [2.24, 2.45) is 0 Å². The molecular formula is C9H10OS. The fraction of sp³-hybridized carbons (Fsp3) is 0.111. The molecule has 58 valence electrons. The summed E-state index contributed by atoms with van der Waals surface area (Å²) in [6, 6.07) is 9.40. The van der Waals surface area contributed by atoms with E-state index in [2.05, 4.69) is 6.58 Å². The van der Waals surface area contributed by atoms with Crippen LogP contribution in [-0.4, -0.2) is 10.3 Å². The van der Waals surface area contributed by atoms with Crippen LogP contribution in [-0.2, 0) is 11.2 Å². The van der Waals surface area contributed by atoms with E-state index in [9.17, 15) is 4.55 Å². The van der Waals surface area contributed by atoms with Crippen molar-refractivity contribution in [2.45, 2.75) is 4.90 Å². The minimum Gasteiger partial charge on any atom is -0.611 e. The van der Waals surface area contributed by atoms with Crippen LogP contribution < -0.4 is 0 Å². The molecule has 1 aromatic carbocycles. The summed E-state index contributed by atoms with van der Waals surface area (Å²) in [5.41, 5.74) is 0. The molecule has 0 bridgehead atoms. The van der Waals surface area contributed by atoms with Gasteiger partial charge in [-0.2, -0.15) is 0 Å². The van der Waals surface area contributed by atoms with Crippen molar-refractivity contribution in [1.82, 2.24) is 0 Å². The first-order valence-electron chi connectivity index (χ1n) is 3.39. The molecule has 0 heterocycles. The van der Waals surface area contributed by atoms with Crippen LogP contribution in [0.1, 0.15) is 0 Å². The molecule has 1 nitrogen and oxygen atoms in total. The van der Waals surface area contributed by atoms with E-state index in [1.165, 1.54) is 0 Å². The molecule has 1 unspecified atom stereocenters. The summed E-state index contributed by atoms with van der Waals surface area (Å²) in [5.74, 6) is 0.532. The molecule has 1 rings (SSSR count). The van der Waals surface area contributed by atoms with Gasteiger partial charge in [-0.05, 0) is 29.4 Å². The Labute approximate surface area is 69.9 Å². The third-order valence-electron chi connectivity index (χ3n) is 1.28. The summed E-state index contributed by atoms with van der Waals surface area (Å²) in [4.78, 5) is 0.868. The van der Waals surface area contributed by atoms with Gasteiger partial charge < -0.3 is 4.55 Å². The van der Waals surface area contributed by atoms with E-state index in [0.29, 0.717) is 5.75 Å². The Morgan fingerprint density at radius 3 is 2.55 bits per heavy atom. The Bertz CT molecular complexity index is 220.